The molecule has 1 saturated heterocycles. The van der Waals surface area contributed by atoms with Gasteiger partial charge in [-0.05, 0) is 53.8 Å². The van der Waals surface area contributed by atoms with E-state index in [1.807, 2.05) is 12.1 Å². The molecule has 0 atom stereocenters. The van der Waals surface area contributed by atoms with Crippen molar-refractivity contribution in [1.82, 2.24) is 0 Å². The summed E-state index contributed by atoms with van der Waals surface area (Å²) < 4.78 is 34.0. The van der Waals surface area contributed by atoms with Crippen molar-refractivity contribution in [3.8, 4) is 0 Å². The van der Waals surface area contributed by atoms with Gasteiger partial charge in [0.2, 0.25) is 0 Å². The van der Waals surface area contributed by atoms with Gasteiger partial charge in [-0.1, -0.05) is 26.8 Å². The van der Waals surface area contributed by atoms with E-state index >= 15 is 0 Å². The minimum absolute atomic E-state index is 0.0916. The lowest BCUT2D eigenvalue weighted by Gasteiger charge is -2.32. The van der Waals surface area contributed by atoms with E-state index in [-0.39, 0.29) is 20.9 Å². The molecule has 3 rings (SSSR count). The van der Waals surface area contributed by atoms with E-state index in [1.165, 1.54) is 7.11 Å². The maximum atomic E-state index is 13.3. The largest absolute Gasteiger partial charge is 0.465 e. The van der Waals surface area contributed by atoms with Crippen LogP contribution in [0, 0.1) is 0 Å². The molecule has 1 aliphatic rings. The third kappa shape index (κ3) is 4.75. The second-order valence-corrected chi connectivity index (χ2v) is 10.8. The van der Waals surface area contributed by atoms with Crippen LogP contribution < -0.4 is 9.62 Å². The second-order valence-electron chi connectivity index (χ2n) is 8.24. The Balaban J connectivity index is 2.04. The number of anilines is 2. The van der Waals surface area contributed by atoms with E-state index in [1.54, 1.807) is 17.5 Å². The predicted octanol–water partition coefficient (Wildman–Crippen LogP) is 4.62. The lowest BCUT2D eigenvalue weighted by Crippen LogP contribution is -2.31. The number of carbonyl (C=O) groups excluding carboxylic acids is 1. The molecule has 0 bridgehead atoms. The number of rotatable bonds is 5. The lowest BCUT2D eigenvalue weighted by atomic mass is 9.86. The molecule has 1 aliphatic heterocycles. The van der Waals surface area contributed by atoms with Crippen LogP contribution in [0.4, 0.5) is 11.4 Å². The number of hydrogen-bond donors (Lipinski definition) is 1. The van der Waals surface area contributed by atoms with E-state index < -0.39 is 16.0 Å². The number of methoxy groups -OCH3 is 1. The first-order chi connectivity index (χ1) is 13.6. The normalized spacial score (nSPS) is 15.2. The number of piperidine rings is 1. The molecular formula is C21H28N2O4S2. The van der Waals surface area contributed by atoms with Gasteiger partial charge in [-0.2, -0.15) is 0 Å². The predicted molar refractivity (Wildman–Crippen MR) is 118 cm³/mol. The van der Waals surface area contributed by atoms with Crippen molar-refractivity contribution >= 4 is 38.7 Å². The molecule has 2 heterocycles. The first-order valence-electron chi connectivity index (χ1n) is 9.71. The Labute approximate surface area is 176 Å². The van der Waals surface area contributed by atoms with Crippen LogP contribution in [-0.2, 0) is 20.2 Å². The average molecular weight is 437 g/mol. The molecule has 0 saturated carbocycles. The molecule has 6 nitrogen and oxygen atoms in total. The van der Waals surface area contributed by atoms with E-state index in [9.17, 15) is 13.2 Å². The summed E-state index contributed by atoms with van der Waals surface area (Å²) in [4.78, 5) is 14.6. The first-order valence-corrected chi connectivity index (χ1v) is 12.1. The topological polar surface area (TPSA) is 75.7 Å². The van der Waals surface area contributed by atoms with E-state index in [0.717, 1.165) is 54.9 Å². The van der Waals surface area contributed by atoms with Gasteiger partial charge in [0.15, 0.2) is 0 Å². The summed E-state index contributed by atoms with van der Waals surface area (Å²) in [5, 5.41) is 1.67. The van der Waals surface area contributed by atoms with Crippen LogP contribution in [0.15, 0.2) is 34.5 Å². The highest BCUT2D eigenvalue weighted by molar-refractivity contribution is 7.93. The first kappa shape index (κ1) is 21.6. The van der Waals surface area contributed by atoms with Gasteiger partial charge in [-0.15, -0.1) is 11.3 Å². The van der Waals surface area contributed by atoms with Gasteiger partial charge >= 0.3 is 5.97 Å². The number of ether oxygens (including phenoxy) is 1. The smallest absolute Gasteiger partial charge is 0.350 e. The second kappa shape index (κ2) is 8.36. The monoisotopic (exact) mass is 436 g/mol. The zero-order chi connectivity index (χ0) is 21.2. The molecule has 8 heteroatoms. The van der Waals surface area contributed by atoms with Crippen molar-refractivity contribution in [2.75, 3.05) is 29.8 Å². The van der Waals surface area contributed by atoms with E-state index in [4.69, 9.17) is 4.74 Å². The number of benzene rings is 1. The molecule has 1 aromatic heterocycles. The summed E-state index contributed by atoms with van der Waals surface area (Å²) in [5.41, 5.74) is 1.96. The fraction of sp³-hybridized carbons (Fsp3) is 0.476. The highest BCUT2D eigenvalue weighted by Gasteiger charge is 2.27. The van der Waals surface area contributed by atoms with Gasteiger partial charge in [0, 0.05) is 13.1 Å². The van der Waals surface area contributed by atoms with Crippen molar-refractivity contribution in [3.63, 3.8) is 0 Å². The summed E-state index contributed by atoms with van der Waals surface area (Å²) in [6, 6.07) is 7.13. The van der Waals surface area contributed by atoms with E-state index in [0.29, 0.717) is 0 Å². The summed E-state index contributed by atoms with van der Waals surface area (Å²) in [6.45, 7) is 8.01. The zero-order valence-electron chi connectivity index (χ0n) is 17.3. The maximum Gasteiger partial charge on any atom is 0.350 e. The maximum absolute atomic E-state index is 13.3. The van der Waals surface area contributed by atoms with Gasteiger partial charge in [-0.3, -0.25) is 4.72 Å². The number of hydrogen-bond acceptors (Lipinski definition) is 6. The highest BCUT2D eigenvalue weighted by atomic mass is 32.2. The molecule has 1 fully saturated rings. The minimum atomic E-state index is -3.88. The van der Waals surface area contributed by atoms with E-state index in [2.05, 4.69) is 30.4 Å². The summed E-state index contributed by atoms with van der Waals surface area (Å²) >= 11 is 1.14. The van der Waals surface area contributed by atoms with Crippen LogP contribution in [0.1, 0.15) is 55.3 Å². The van der Waals surface area contributed by atoms with Crippen LogP contribution in [0.25, 0.3) is 0 Å². The van der Waals surface area contributed by atoms with Crippen LogP contribution in [0.3, 0.4) is 0 Å². The molecule has 0 spiro atoms. The van der Waals surface area contributed by atoms with Crippen LogP contribution >= 0.6 is 11.3 Å². The van der Waals surface area contributed by atoms with Gasteiger partial charge in [0.05, 0.1) is 18.5 Å². The third-order valence-electron chi connectivity index (χ3n) is 5.09. The molecular weight excluding hydrogens is 408 g/mol. The summed E-state index contributed by atoms with van der Waals surface area (Å²) in [6.07, 6.45) is 3.25. The number of nitrogens with one attached hydrogen (secondary N) is 1. The minimum Gasteiger partial charge on any atom is -0.465 e. The van der Waals surface area contributed by atoms with Gasteiger partial charge < -0.3 is 9.64 Å². The molecule has 158 valence electrons. The Morgan fingerprint density at radius 1 is 1.14 bits per heavy atom. The van der Waals surface area contributed by atoms with Gasteiger partial charge in [0.1, 0.15) is 9.77 Å². The highest BCUT2D eigenvalue weighted by Crippen LogP contribution is 2.35. The van der Waals surface area contributed by atoms with Crippen LogP contribution in [0.5, 0.6) is 0 Å². The van der Waals surface area contributed by atoms with Crippen molar-refractivity contribution < 1.29 is 17.9 Å². The van der Waals surface area contributed by atoms with Crippen molar-refractivity contribution in [2.24, 2.45) is 0 Å². The molecule has 0 aliphatic carbocycles. The quantitative estimate of drug-likeness (QED) is 0.692. The molecule has 1 aromatic carbocycles. The molecule has 1 N–H and O–H groups in total. The Bertz CT molecular complexity index is 984. The molecule has 0 unspecified atom stereocenters. The fourth-order valence-corrected chi connectivity index (χ4v) is 5.54. The number of thiophene rings is 1. The Hall–Kier alpha value is -2.06. The standard InChI is InChI=1S/C21H28N2O4S2/c1-21(2,3)15-8-9-18(17(14-15)23-11-6-5-7-12-23)29(25,26)22-16-10-13-28-19(16)20(24)27-4/h8-10,13-14,22H,5-7,11-12H2,1-4H3. The SMILES string of the molecule is COC(=O)c1sccc1NS(=O)(=O)c1ccc(C(C)(C)C)cc1N1CCCCC1. The molecule has 0 radical (unpaired) electrons. The Morgan fingerprint density at radius 2 is 1.83 bits per heavy atom. The average Bonchev–Trinajstić information content (AvgIpc) is 3.14. The number of carbonyl (C=O) groups is 1. The molecule has 0 amide bonds. The fourth-order valence-electron chi connectivity index (χ4n) is 3.43. The Kier molecular flexibility index (Phi) is 6.24. The van der Waals surface area contributed by atoms with Crippen molar-refractivity contribution in [1.29, 1.82) is 0 Å². The Morgan fingerprint density at radius 3 is 2.45 bits per heavy atom. The molecule has 2 aromatic rings. The van der Waals surface area contributed by atoms with Crippen molar-refractivity contribution in [2.45, 2.75) is 50.3 Å². The lowest BCUT2D eigenvalue weighted by molar-refractivity contribution is 0.0607. The van der Waals surface area contributed by atoms with Gasteiger partial charge in [0.25, 0.3) is 10.0 Å². The van der Waals surface area contributed by atoms with Crippen LogP contribution in [0.2, 0.25) is 0 Å². The summed E-state index contributed by atoms with van der Waals surface area (Å²) in [7, 11) is -2.60. The van der Waals surface area contributed by atoms with Gasteiger partial charge in [-0.25, -0.2) is 13.2 Å². The molecule has 29 heavy (non-hydrogen) atoms. The van der Waals surface area contributed by atoms with Crippen molar-refractivity contribution in [3.05, 3.63) is 40.1 Å². The van der Waals surface area contributed by atoms with Crippen LogP contribution in [-0.4, -0.2) is 34.6 Å². The number of esters is 1. The zero-order valence-corrected chi connectivity index (χ0v) is 19.0. The third-order valence-corrected chi connectivity index (χ3v) is 7.40. The number of sulfonamides is 1. The summed E-state index contributed by atoms with van der Waals surface area (Å²) in [5.74, 6) is -0.558. The number of nitrogens with zero attached hydrogens (tertiary/aromatic N) is 1.